The van der Waals surface area contributed by atoms with E-state index in [0.29, 0.717) is 41.5 Å². The van der Waals surface area contributed by atoms with Crippen LogP contribution >= 0.6 is 0 Å². The van der Waals surface area contributed by atoms with E-state index in [1.54, 1.807) is 54.6 Å². The molecule has 0 saturated heterocycles. The Balaban J connectivity index is 1.83. The van der Waals surface area contributed by atoms with E-state index in [1.807, 2.05) is 0 Å². The van der Waals surface area contributed by atoms with Crippen LogP contribution in [0.4, 0.5) is 5.69 Å². The van der Waals surface area contributed by atoms with Crippen molar-refractivity contribution in [2.45, 2.75) is 0 Å². The van der Waals surface area contributed by atoms with Crippen molar-refractivity contribution in [3.8, 4) is 23.6 Å². The van der Waals surface area contributed by atoms with Crippen LogP contribution in [0.15, 0.2) is 47.6 Å². The largest absolute Gasteiger partial charge is 0.486 e. The summed E-state index contributed by atoms with van der Waals surface area (Å²) in [5.74, 6) is 0.974. The van der Waals surface area contributed by atoms with E-state index in [9.17, 15) is 4.79 Å². The molecule has 1 heterocycles. The number of hydrogen-bond acceptors (Lipinski definition) is 7. The Hall–Kier alpha value is -3.84. The Bertz CT molecular complexity index is 922. The Kier molecular flexibility index (Phi) is 4.59. The number of rotatable bonds is 4. The summed E-state index contributed by atoms with van der Waals surface area (Å²) in [6.45, 7) is 0.935. The van der Waals surface area contributed by atoms with E-state index in [-0.39, 0.29) is 11.5 Å². The number of anilines is 1. The molecule has 0 radical (unpaired) electrons. The molecule has 0 spiro atoms. The normalized spacial score (nSPS) is 11.6. The minimum absolute atomic E-state index is 0.189. The molecule has 1 aliphatic heterocycles. The molecule has 2 aromatic rings. The van der Waals surface area contributed by atoms with Crippen LogP contribution in [-0.4, -0.2) is 24.7 Å². The van der Waals surface area contributed by atoms with E-state index < -0.39 is 0 Å². The van der Waals surface area contributed by atoms with Crippen molar-refractivity contribution in [3.05, 3.63) is 53.6 Å². The predicted molar refractivity (Wildman–Crippen MR) is 89.6 cm³/mol. The monoisotopic (exact) mass is 332 g/mol. The summed E-state index contributed by atoms with van der Waals surface area (Å²) in [6.07, 6.45) is 0. The smallest absolute Gasteiger partial charge is 0.237 e. The van der Waals surface area contributed by atoms with Gasteiger partial charge in [0.05, 0.1) is 5.69 Å². The van der Waals surface area contributed by atoms with Crippen molar-refractivity contribution in [1.29, 1.82) is 10.5 Å². The van der Waals surface area contributed by atoms with Crippen molar-refractivity contribution < 1.29 is 14.3 Å². The molecule has 0 bridgehead atoms. The van der Waals surface area contributed by atoms with Gasteiger partial charge in [-0.05, 0) is 30.3 Å². The predicted octanol–water partition coefficient (Wildman–Crippen LogP) is 2.50. The van der Waals surface area contributed by atoms with Gasteiger partial charge in [-0.3, -0.25) is 10.2 Å². The molecule has 0 aliphatic carbocycles. The van der Waals surface area contributed by atoms with E-state index in [4.69, 9.17) is 20.0 Å². The second kappa shape index (κ2) is 7.16. The van der Waals surface area contributed by atoms with Gasteiger partial charge in [-0.15, -0.1) is 0 Å². The fraction of sp³-hybridized carbons (Fsp3) is 0.111. The number of ether oxygens (including phenoxy) is 2. The minimum Gasteiger partial charge on any atom is -0.486 e. The molecule has 0 unspecified atom stereocenters. The maximum atomic E-state index is 12.7. The van der Waals surface area contributed by atoms with E-state index in [1.165, 1.54) is 0 Å². The zero-order chi connectivity index (χ0) is 17.6. The number of nitrogens with one attached hydrogen (secondary N) is 1. The van der Waals surface area contributed by atoms with E-state index in [0.717, 1.165) is 0 Å². The fourth-order valence-electron chi connectivity index (χ4n) is 2.28. The Morgan fingerprint density at radius 2 is 1.72 bits per heavy atom. The summed E-state index contributed by atoms with van der Waals surface area (Å²) in [5.41, 5.74) is 3.69. The van der Waals surface area contributed by atoms with E-state index in [2.05, 4.69) is 10.5 Å². The lowest BCUT2D eigenvalue weighted by Crippen LogP contribution is -2.15. The number of hydrazone groups is 1. The molecule has 7 nitrogen and oxygen atoms in total. The number of ketones is 1. The van der Waals surface area contributed by atoms with Crippen LogP contribution in [0, 0.1) is 22.7 Å². The summed E-state index contributed by atoms with van der Waals surface area (Å²) in [5, 5.41) is 21.0. The molecule has 0 amide bonds. The molecular weight excluding hydrogens is 320 g/mol. The lowest BCUT2D eigenvalue weighted by atomic mass is 10.0. The van der Waals surface area contributed by atoms with Crippen molar-refractivity contribution in [2.24, 2.45) is 5.10 Å². The van der Waals surface area contributed by atoms with Gasteiger partial charge in [-0.25, -0.2) is 0 Å². The second-order valence-electron chi connectivity index (χ2n) is 5.06. The highest BCUT2D eigenvalue weighted by atomic mass is 16.6. The van der Waals surface area contributed by atoms with Crippen molar-refractivity contribution in [1.82, 2.24) is 0 Å². The first kappa shape index (κ1) is 16.0. The third kappa shape index (κ3) is 3.57. The van der Waals surface area contributed by atoms with Gasteiger partial charge in [0.25, 0.3) is 0 Å². The Morgan fingerprint density at radius 3 is 2.48 bits per heavy atom. The Morgan fingerprint density at radius 1 is 1.00 bits per heavy atom. The maximum absolute atomic E-state index is 12.7. The third-order valence-electron chi connectivity index (χ3n) is 3.44. The summed E-state index contributed by atoms with van der Waals surface area (Å²) >= 11 is 0. The molecule has 122 valence electrons. The van der Waals surface area contributed by atoms with Crippen LogP contribution in [0.2, 0.25) is 0 Å². The van der Waals surface area contributed by atoms with Gasteiger partial charge < -0.3 is 9.47 Å². The molecular formula is C18H12N4O3. The summed E-state index contributed by atoms with van der Waals surface area (Å²) in [7, 11) is 0. The van der Waals surface area contributed by atoms with Crippen molar-refractivity contribution in [3.63, 3.8) is 0 Å². The number of nitrogens with zero attached hydrogens (tertiary/aromatic N) is 3. The highest BCUT2D eigenvalue weighted by Crippen LogP contribution is 2.31. The van der Waals surface area contributed by atoms with Crippen LogP contribution in [0.5, 0.6) is 11.5 Å². The highest BCUT2D eigenvalue weighted by Gasteiger charge is 2.16. The van der Waals surface area contributed by atoms with Gasteiger partial charge in [0, 0.05) is 11.1 Å². The summed E-state index contributed by atoms with van der Waals surface area (Å²) < 4.78 is 10.9. The van der Waals surface area contributed by atoms with Gasteiger partial charge in [0.15, 0.2) is 17.3 Å². The minimum atomic E-state index is -0.302. The summed E-state index contributed by atoms with van der Waals surface area (Å²) in [4.78, 5) is 12.7. The first-order chi connectivity index (χ1) is 12.2. The van der Waals surface area contributed by atoms with Crippen LogP contribution in [-0.2, 0) is 0 Å². The second-order valence-corrected chi connectivity index (χ2v) is 5.06. The molecule has 25 heavy (non-hydrogen) atoms. The summed E-state index contributed by atoms with van der Waals surface area (Å²) in [6, 6.07) is 15.0. The fourth-order valence-corrected chi connectivity index (χ4v) is 2.28. The molecule has 7 heteroatoms. The van der Waals surface area contributed by atoms with Gasteiger partial charge in [-0.2, -0.15) is 15.6 Å². The molecule has 0 fully saturated rings. The molecule has 3 rings (SSSR count). The lowest BCUT2D eigenvalue weighted by Gasteiger charge is -2.18. The van der Waals surface area contributed by atoms with Crippen molar-refractivity contribution in [2.75, 3.05) is 18.6 Å². The Labute approximate surface area is 143 Å². The topological polar surface area (TPSA) is 108 Å². The molecule has 2 aromatic carbocycles. The molecule has 0 atom stereocenters. The van der Waals surface area contributed by atoms with Crippen LogP contribution < -0.4 is 14.9 Å². The highest BCUT2D eigenvalue weighted by molar-refractivity contribution is 6.11. The molecule has 1 N–H and O–H groups in total. The number of fused-ring (bicyclic) bond motifs is 1. The maximum Gasteiger partial charge on any atom is 0.237 e. The average Bonchev–Trinajstić information content (AvgIpc) is 2.68. The number of hydrogen-bond donors (Lipinski definition) is 1. The van der Waals surface area contributed by atoms with Gasteiger partial charge >= 0.3 is 0 Å². The standard InChI is InChI=1S/C18H12N4O3/c19-10-15(11-20)22-21-14-3-1-2-12(8-14)18(23)13-4-5-16-17(9-13)25-7-6-24-16/h1-5,8-9,21H,6-7H2. The number of benzene rings is 2. The van der Waals surface area contributed by atoms with Crippen LogP contribution in [0.1, 0.15) is 15.9 Å². The SMILES string of the molecule is N#CC(C#N)=NNc1cccc(C(=O)c2ccc3c(c2)OCCO3)c1. The van der Waals surface area contributed by atoms with E-state index >= 15 is 0 Å². The quantitative estimate of drug-likeness (QED) is 0.523. The van der Waals surface area contributed by atoms with Crippen LogP contribution in [0.3, 0.4) is 0 Å². The lowest BCUT2D eigenvalue weighted by molar-refractivity contribution is 0.103. The van der Waals surface area contributed by atoms with Gasteiger partial charge in [0.1, 0.15) is 25.4 Å². The van der Waals surface area contributed by atoms with Gasteiger partial charge in [0.2, 0.25) is 5.71 Å². The average molecular weight is 332 g/mol. The van der Waals surface area contributed by atoms with Crippen molar-refractivity contribution >= 4 is 17.2 Å². The molecule has 0 saturated carbocycles. The van der Waals surface area contributed by atoms with Gasteiger partial charge in [-0.1, -0.05) is 12.1 Å². The zero-order valence-electron chi connectivity index (χ0n) is 13.0. The third-order valence-corrected chi connectivity index (χ3v) is 3.44. The number of nitriles is 2. The number of carbonyl (C=O) groups excluding carboxylic acids is 1. The molecule has 1 aliphatic rings. The first-order valence-electron chi connectivity index (χ1n) is 7.39. The number of carbonyl (C=O) groups is 1. The first-order valence-corrected chi connectivity index (χ1v) is 7.39. The zero-order valence-corrected chi connectivity index (χ0v) is 13.0. The van der Waals surface area contributed by atoms with Crippen LogP contribution in [0.25, 0.3) is 0 Å². The molecule has 0 aromatic heterocycles.